The van der Waals surface area contributed by atoms with Gasteiger partial charge in [0, 0.05) is 18.8 Å². The molecular formula is C25H37N3O3. The van der Waals surface area contributed by atoms with Gasteiger partial charge in [-0.2, -0.15) is 5.26 Å². The summed E-state index contributed by atoms with van der Waals surface area (Å²) in [4.78, 5) is 12.6. The number of carbonyl (C=O) groups is 1. The predicted molar refractivity (Wildman–Crippen MR) is 123 cm³/mol. The fourth-order valence-electron chi connectivity index (χ4n) is 3.79. The van der Waals surface area contributed by atoms with Gasteiger partial charge in [0.15, 0.2) is 0 Å². The Kier molecular flexibility index (Phi) is 12.0. The minimum atomic E-state index is -0.289. The molecule has 0 unspecified atom stereocenters. The molecule has 0 heterocycles. The van der Waals surface area contributed by atoms with Crippen LogP contribution in [0.15, 0.2) is 36.0 Å². The highest BCUT2D eigenvalue weighted by atomic mass is 16.5. The van der Waals surface area contributed by atoms with Crippen LogP contribution in [0.1, 0.15) is 70.6 Å². The Labute approximate surface area is 187 Å². The third-order valence-electron chi connectivity index (χ3n) is 5.63. The van der Waals surface area contributed by atoms with Crippen molar-refractivity contribution in [2.24, 2.45) is 0 Å². The fraction of sp³-hybridized carbons (Fsp3) is 0.600. The topological polar surface area (TPSA) is 83.4 Å². The number of hydrogen-bond acceptors (Lipinski definition) is 5. The van der Waals surface area contributed by atoms with Gasteiger partial charge in [-0.15, -0.1) is 0 Å². The number of benzene rings is 1. The molecule has 0 spiro atoms. The second-order valence-corrected chi connectivity index (χ2v) is 8.08. The molecule has 2 rings (SSSR count). The number of amides is 1. The van der Waals surface area contributed by atoms with Crippen LogP contribution in [0.2, 0.25) is 0 Å². The lowest BCUT2D eigenvalue weighted by Crippen LogP contribution is -2.36. The van der Waals surface area contributed by atoms with Crippen LogP contribution < -0.4 is 20.1 Å². The minimum absolute atomic E-state index is 0.107. The third-order valence-corrected chi connectivity index (χ3v) is 5.63. The third kappa shape index (κ3) is 10.3. The second-order valence-electron chi connectivity index (χ2n) is 8.08. The molecule has 6 nitrogen and oxygen atoms in total. The molecule has 0 saturated heterocycles. The maximum Gasteiger partial charge on any atom is 0.263 e. The Morgan fingerprint density at radius 3 is 2.10 bits per heavy atom. The molecule has 1 aliphatic carbocycles. The average molecular weight is 428 g/mol. The highest BCUT2D eigenvalue weighted by molar-refractivity contribution is 5.97. The summed E-state index contributed by atoms with van der Waals surface area (Å²) in [5.74, 6) is 1.23. The molecule has 1 fully saturated rings. The highest BCUT2D eigenvalue weighted by Crippen LogP contribution is 2.18. The van der Waals surface area contributed by atoms with Crippen molar-refractivity contribution in [1.82, 2.24) is 10.6 Å². The molecule has 6 heteroatoms. The first-order valence-electron chi connectivity index (χ1n) is 11.6. The molecule has 0 bridgehead atoms. The molecule has 1 amide bonds. The van der Waals surface area contributed by atoms with Gasteiger partial charge >= 0.3 is 0 Å². The summed E-state index contributed by atoms with van der Waals surface area (Å²) in [6.45, 7) is 0.916. The SMILES string of the molecule is COc1ccc(OCCN/C=C(/C#N)C(=O)NC2CCCCCCCCCCC2)cc1. The van der Waals surface area contributed by atoms with E-state index in [2.05, 4.69) is 10.6 Å². The van der Waals surface area contributed by atoms with Crippen molar-refractivity contribution >= 4 is 5.91 Å². The van der Waals surface area contributed by atoms with Gasteiger partial charge < -0.3 is 20.1 Å². The Balaban J connectivity index is 1.74. The van der Waals surface area contributed by atoms with Gasteiger partial charge in [-0.05, 0) is 37.1 Å². The summed E-state index contributed by atoms with van der Waals surface area (Å²) in [5.41, 5.74) is 0.107. The molecule has 170 valence electrons. The van der Waals surface area contributed by atoms with Crippen molar-refractivity contribution in [3.05, 3.63) is 36.0 Å². The Morgan fingerprint density at radius 2 is 1.55 bits per heavy atom. The Morgan fingerprint density at radius 1 is 1.00 bits per heavy atom. The van der Waals surface area contributed by atoms with Crippen LogP contribution in [0.3, 0.4) is 0 Å². The van der Waals surface area contributed by atoms with Crippen molar-refractivity contribution in [2.75, 3.05) is 20.3 Å². The van der Waals surface area contributed by atoms with Crippen LogP contribution in [-0.2, 0) is 4.79 Å². The summed E-state index contributed by atoms with van der Waals surface area (Å²) < 4.78 is 10.8. The van der Waals surface area contributed by atoms with Gasteiger partial charge in [0.05, 0.1) is 7.11 Å². The van der Waals surface area contributed by atoms with Gasteiger partial charge in [-0.25, -0.2) is 0 Å². The van der Waals surface area contributed by atoms with Crippen LogP contribution in [-0.4, -0.2) is 32.2 Å². The first-order chi connectivity index (χ1) is 15.2. The summed E-state index contributed by atoms with van der Waals surface area (Å²) in [7, 11) is 1.62. The van der Waals surface area contributed by atoms with E-state index in [0.717, 1.165) is 37.2 Å². The van der Waals surface area contributed by atoms with E-state index >= 15 is 0 Å². The van der Waals surface area contributed by atoms with E-state index in [1.54, 1.807) is 7.11 Å². The van der Waals surface area contributed by atoms with Crippen molar-refractivity contribution in [1.29, 1.82) is 5.26 Å². The Hall–Kier alpha value is -2.68. The quantitative estimate of drug-likeness (QED) is 0.352. The van der Waals surface area contributed by atoms with E-state index in [4.69, 9.17) is 9.47 Å². The van der Waals surface area contributed by atoms with Crippen molar-refractivity contribution in [3.8, 4) is 17.6 Å². The monoisotopic (exact) mass is 427 g/mol. The van der Waals surface area contributed by atoms with Gasteiger partial charge in [0.2, 0.25) is 0 Å². The molecule has 31 heavy (non-hydrogen) atoms. The van der Waals surface area contributed by atoms with Gasteiger partial charge in [0.1, 0.15) is 29.7 Å². The summed E-state index contributed by atoms with van der Waals surface area (Å²) in [6.07, 6.45) is 14.8. The zero-order valence-corrected chi connectivity index (χ0v) is 18.8. The predicted octanol–water partition coefficient (Wildman–Crippen LogP) is 4.86. The van der Waals surface area contributed by atoms with Crippen molar-refractivity contribution in [2.45, 2.75) is 76.7 Å². The van der Waals surface area contributed by atoms with Crippen LogP contribution in [0.5, 0.6) is 11.5 Å². The van der Waals surface area contributed by atoms with Crippen LogP contribution in [0.4, 0.5) is 0 Å². The van der Waals surface area contributed by atoms with Crippen molar-refractivity contribution in [3.63, 3.8) is 0 Å². The lowest BCUT2D eigenvalue weighted by Gasteiger charge is -2.19. The van der Waals surface area contributed by atoms with E-state index in [9.17, 15) is 10.1 Å². The number of methoxy groups -OCH3 is 1. The van der Waals surface area contributed by atoms with E-state index in [1.807, 2.05) is 30.3 Å². The highest BCUT2D eigenvalue weighted by Gasteiger charge is 2.15. The minimum Gasteiger partial charge on any atom is -0.497 e. The molecular weight excluding hydrogens is 390 g/mol. The summed E-state index contributed by atoms with van der Waals surface area (Å²) in [6, 6.07) is 9.52. The van der Waals surface area contributed by atoms with Crippen LogP contribution >= 0.6 is 0 Å². The van der Waals surface area contributed by atoms with E-state index < -0.39 is 0 Å². The number of carbonyl (C=O) groups excluding carboxylic acids is 1. The molecule has 0 radical (unpaired) electrons. The maximum atomic E-state index is 12.6. The molecule has 0 atom stereocenters. The van der Waals surface area contributed by atoms with E-state index in [0.29, 0.717) is 13.2 Å². The maximum absolute atomic E-state index is 12.6. The summed E-state index contributed by atoms with van der Waals surface area (Å²) >= 11 is 0. The van der Waals surface area contributed by atoms with Gasteiger partial charge in [-0.3, -0.25) is 4.79 Å². The Bertz CT molecular complexity index is 698. The van der Waals surface area contributed by atoms with Gasteiger partial charge in [0.25, 0.3) is 5.91 Å². The lowest BCUT2D eigenvalue weighted by atomic mass is 9.98. The summed E-state index contributed by atoms with van der Waals surface area (Å²) in [5, 5.41) is 15.5. The van der Waals surface area contributed by atoms with Crippen LogP contribution in [0.25, 0.3) is 0 Å². The fourth-order valence-corrected chi connectivity index (χ4v) is 3.79. The number of nitrogens with zero attached hydrogens (tertiary/aromatic N) is 1. The molecule has 1 saturated carbocycles. The van der Waals surface area contributed by atoms with E-state index in [-0.39, 0.29) is 17.5 Å². The molecule has 1 aromatic rings. The first-order valence-corrected chi connectivity index (χ1v) is 11.6. The zero-order chi connectivity index (χ0) is 22.2. The number of ether oxygens (including phenoxy) is 2. The number of hydrogen-bond donors (Lipinski definition) is 2. The standard InChI is InChI=1S/C25H37N3O3/c1-30-23-13-15-24(16-14-23)31-18-17-27-20-21(19-26)25(29)28-22-11-9-7-5-3-2-4-6-8-10-12-22/h13-16,20,22,27H,2-12,17-18H2,1H3,(H,28,29)/b21-20-. The largest absolute Gasteiger partial charge is 0.497 e. The number of nitriles is 1. The second kappa shape index (κ2) is 15.2. The molecule has 0 aromatic heterocycles. The lowest BCUT2D eigenvalue weighted by molar-refractivity contribution is -0.117. The van der Waals surface area contributed by atoms with Crippen LogP contribution in [0, 0.1) is 11.3 Å². The first kappa shape index (κ1) is 24.6. The number of rotatable bonds is 8. The molecule has 2 N–H and O–H groups in total. The van der Waals surface area contributed by atoms with Gasteiger partial charge in [-0.1, -0.05) is 57.8 Å². The molecule has 1 aromatic carbocycles. The normalized spacial score (nSPS) is 16.8. The molecule has 0 aliphatic heterocycles. The zero-order valence-electron chi connectivity index (χ0n) is 18.8. The van der Waals surface area contributed by atoms with Crippen molar-refractivity contribution < 1.29 is 14.3 Å². The van der Waals surface area contributed by atoms with E-state index in [1.165, 1.54) is 51.1 Å². The number of nitrogens with one attached hydrogen (secondary N) is 2. The molecule has 1 aliphatic rings. The smallest absolute Gasteiger partial charge is 0.263 e. The average Bonchev–Trinajstić information content (AvgIpc) is 2.78.